The Kier molecular flexibility index (Phi) is 2.53. The quantitative estimate of drug-likeness (QED) is 0.741. The Balaban J connectivity index is 1.94. The lowest BCUT2D eigenvalue weighted by atomic mass is 10.1. The first-order valence-electron chi connectivity index (χ1n) is 5.76. The summed E-state index contributed by atoms with van der Waals surface area (Å²) in [6.45, 7) is 7.83. The fourth-order valence-corrected chi connectivity index (χ4v) is 2.91. The average Bonchev–Trinajstić information content (AvgIpc) is 2.29. The maximum absolute atomic E-state index is 5.18. The number of rotatable bonds is 1. The largest absolute Gasteiger partial charge is 0.346 e. The summed E-state index contributed by atoms with van der Waals surface area (Å²) in [6.07, 6.45) is 0. The Morgan fingerprint density at radius 3 is 2.69 bits per heavy atom. The van der Waals surface area contributed by atoms with Gasteiger partial charge < -0.3 is 4.98 Å². The van der Waals surface area contributed by atoms with E-state index < -0.39 is 0 Å². The van der Waals surface area contributed by atoms with E-state index in [4.69, 9.17) is 12.2 Å². The van der Waals surface area contributed by atoms with E-state index in [1.807, 2.05) is 13.0 Å². The summed E-state index contributed by atoms with van der Waals surface area (Å²) in [4.78, 5) is 12.8. The first kappa shape index (κ1) is 10.4. The molecule has 0 aromatic carbocycles. The summed E-state index contributed by atoms with van der Waals surface area (Å²) in [5.41, 5.74) is 1.10. The van der Waals surface area contributed by atoms with Crippen LogP contribution in [0.15, 0.2) is 6.07 Å². The minimum absolute atomic E-state index is 0.407. The molecule has 3 aliphatic rings. The van der Waals surface area contributed by atoms with Gasteiger partial charge in [-0.25, -0.2) is 4.98 Å². The summed E-state index contributed by atoms with van der Waals surface area (Å²) in [5.74, 6) is 1.04. The number of aryl methyl sites for hydroxylation is 1. The van der Waals surface area contributed by atoms with E-state index in [9.17, 15) is 0 Å². The molecule has 2 bridgehead atoms. The van der Waals surface area contributed by atoms with Crippen molar-refractivity contribution < 1.29 is 0 Å². The molecule has 4 heterocycles. The fraction of sp³-hybridized carbons (Fsp3) is 0.636. The average molecular weight is 236 g/mol. The van der Waals surface area contributed by atoms with E-state index in [0.717, 1.165) is 31.2 Å². The molecule has 1 N–H and O–H groups in total. The number of fused-ring (bicyclic) bond motifs is 3. The predicted octanol–water partition coefficient (Wildman–Crippen LogP) is 1.12. The van der Waals surface area contributed by atoms with Gasteiger partial charge >= 0.3 is 0 Å². The highest BCUT2D eigenvalue weighted by Gasteiger charge is 2.33. The van der Waals surface area contributed by atoms with Crippen LogP contribution in [0.2, 0.25) is 0 Å². The maximum atomic E-state index is 5.18. The molecule has 4 rings (SSSR count). The van der Waals surface area contributed by atoms with Crippen molar-refractivity contribution in [2.45, 2.75) is 13.0 Å². The third-order valence-corrected chi connectivity index (χ3v) is 3.70. The van der Waals surface area contributed by atoms with Gasteiger partial charge in [0.2, 0.25) is 0 Å². The molecule has 4 nitrogen and oxygen atoms in total. The zero-order valence-corrected chi connectivity index (χ0v) is 10.3. The van der Waals surface area contributed by atoms with E-state index in [-0.39, 0.29) is 0 Å². The molecule has 5 heteroatoms. The summed E-state index contributed by atoms with van der Waals surface area (Å²) in [5, 5.41) is 0. The minimum Gasteiger partial charge on any atom is -0.346 e. The molecule has 0 radical (unpaired) electrons. The van der Waals surface area contributed by atoms with Crippen LogP contribution in [0.3, 0.4) is 0 Å². The second-order valence-electron chi connectivity index (χ2n) is 4.64. The lowest BCUT2D eigenvalue weighted by Crippen LogP contribution is -2.57. The van der Waals surface area contributed by atoms with Crippen LogP contribution in [0.25, 0.3) is 0 Å². The molecule has 16 heavy (non-hydrogen) atoms. The molecule has 0 aliphatic carbocycles. The van der Waals surface area contributed by atoms with Crippen molar-refractivity contribution in [1.29, 1.82) is 0 Å². The van der Waals surface area contributed by atoms with Crippen molar-refractivity contribution in [1.82, 2.24) is 19.8 Å². The maximum Gasteiger partial charge on any atom is 0.130 e. The van der Waals surface area contributed by atoms with Gasteiger partial charge in [-0.05, 0) is 13.0 Å². The van der Waals surface area contributed by atoms with E-state index in [1.54, 1.807) is 0 Å². The summed E-state index contributed by atoms with van der Waals surface area (Å²) < 4.78 is 0.698. The van der Waals surface area contributed by atoms with Gasteiger partial charge in [0.05, 0.1) is 6.04 Å². The number of aromatic nitrogens is 2. The second kappa shape index (κ2) is 3.91. The molecule has 1 unspecified atom stereocenters. The molecule has 0 spiro atoms. The molecular weight excluding hydrogens is 220 g/mol. The highest BCUT2D eigenvalue weighted by atomic mass is 32.1. The number of aromatic amines is 1. The van der Waals surface area contributed by atoms with Crippen molar-refractivity contribution in [3.63, 3.8) is 0 Å². The van der Waals surface area contributed by atoms with E-state index >= 15 is 0 Å². The van der Waals surface area contributed by atoms with Gasteiger partial charge in [-0.15, -0.1) is 0 Å². The van der Waals surface area contributed by atoms with Gasteiger partial charge in [0.1, 0.15) is 10.5 Å². The molecule has 3 fully saturated rings. The Morgan fingerprint density at radius 1 is 1.38 bits per heavy atom. The second-order valence-corrected chi connectivity index (χ2v) is 5.06. The SMILES string of the molecule is Cc1cc(=S)nc(C2CN3CCN2CC3)[nH]1. The summed E-state index contributed by atoms with van der Waals surface area (Å²) in [7, 11) is 0. The third-order valence-electron chi connectivity index (χ3n) is 3.49. The monoisotopic (exact) mass is 236 g/mol. The fourth-order valence-electron chi connectivity index (χ4n) is 2.64. The normalized spacial score (nSPS) is 32.9. The molecule has 0 saturated carbocycles. The third kappa shape index (κ3) is 1.79. The van der Waals surface area contributed by atoms with Gasteiger partial charge in [-0.3, -0.25) is 9.80 Å². The molecule has 1 aromatic heterocycles. The number of hydrogen-bond donors (Lipinski definition) is 1. The van der Waals surface area contributed by atoms with Gasteiger partial charge in [0.15, 0.2) is 0 Å². The number of nitrogens with one attached hydrogen (secondary N) is 1. The van der Waals surface area contributed by atoms with Crippen molar-refractivity contribution in [2.75, 3.05) is 32.7 Å². The lowest BCUT2D eigenvalue weighted by Gasteiger charge is -2.46. The number of piperazine rings is 3. The number of nitrogens with zero attached hydrogens (tertiary/aromatic N) is 3. The van der Waals surface area contributed by atoms with Crippen molar-refractivity contribution in [2.24, 2.45) is 0 Å². The van der Waals surface area contributed by atoms with Crippen LogP contribution in [-0.2, 0) is 0 Å². The van der Waals surface area contributed by atoms with E-state index in [2.05, 4.69) is 19.8 Å². The van der Waals surface area contributed by atoms with Crippen LogP contribution in [0.4, 0.5) is 0 Å². The van der Waals surface area contributed by atoms with E-state index in [0.29, 0.717) is 10.7 Å². The smallest absolute Gasteiger partial charge is 0.130 e. The van der Waals surface area contributed by atoms with Crippen molar-refractivity contribution >= 4 is 12.2 Å². The molecule has 3 aliphatic heterocycles. The Bertz CT molecular complexity index is 448. The molecule has 86 valence electrons. The highest BCUT2D eigenvalue weighted by Crippen LogP contribution is 2.26. The van der Waals surface area contributed by atoms with Crippen molar-refractivity contribution in [3.05, 3.63) is 22.2 Å². The molecule has 0 amide bonds. The number of hydrogen-bond acceptors (Lipinski definition) is 4. The molecule has 3 saturated heterocycles. The van der Waals surface area contributed by atoms with Crippen LogP contribution in [0.5, 0.6) is 0 Å². The van der Waals surface area contributed by atoms with Gasteiger partial charge in [-0.1, -0.05) is 12.2 Å². The molecule has 1 aromatic rings. The molecule has 1 atom stereocenters. The predicted molar refractivity (Wildman–Crippen MR) is 64.9 cm³/mol. The standard InChI is InChI=1S/C11H16N4S/c1-8-6-10(16)13-11(12-8)9-7-14-2-4-15(9)5-3-14/h6,9H,2-5,7H2,1H3,(H,12,13,16). The first-order chi connectivity index (χ1) is 7.72. The summed E-state index contributed by atoms with van der Waals surface area (Å²) in [6, 6.07) is 2.32. The van der Waals surface area contributed by atoms with Crippen molar-refractivity contribution in [3.8, 4) is 0 Å². The zero-order valence-electron chi connectivity index (χ0n) is 9.44. The minimum atomic E-state index is 0.407. The van der Waals surface area contributed by atoms with Gasteiger partial charge in [0.25, 0.3) is 0 Å². The Morgan fingerprint density at radius 2 is 2.12 bits per heavy atom. The van der Waals surface area contributed by atoms with Gasteiger partial charge in [0, 0.05) is 38.4 Å². The Hall–Kier alpha value is -0.780. The Labute approximate surface area is 100 Å². The van der Waals surface area contributed by atoms with Crippen LogP contribution in [0, 0.1) is 11.6 Å². The van der Waals surface area contributed by atoms with Crippen LogP contribution in [-0.4, -0.2) is 52.5 Å². The topological polar surface area (TPSA) is 35.2 Å². The van der Waals surface area contributed by atoms with Crippen LogP contribution in [0.1, 0.15) is 17.6 Å². The highest BCUT2D eigenvalue weighted by molar-refractivity contribution is 7.71. The molecular formula is C11H16N4S. The lowest BCUT2D eigenvalue weighted by molar-refractivity contribution is 0.00854. The van der Waals surface area contributed by atoms with Crippen LogP contribution >= 0.6 is 12.2 Å². The number of H-pyrrole nitrogens is 1. The van der Waals surface area contributed by atoms with E-state index in [1.165, 1.54) is 13.1 Å². The van der Waals surface area contributed by atoms with Crippen LogP contribution < -0.4 is 0 Å². The zero-order chi connectivity index (χ0) is 11.1. The first-order valence-corrected chi connectivity index (χ1v) is 6.17. The van der Waals surface area contributed by atoms with Gasteiger partial charge in [-0.2, -0.15) is 0 Å². The summed E-state index contributed by atoms with van der Waals surface area (Å²) >= 11 is 5.18.